The van der Waals surface area contributed by atoms with Crippen molar-refractivity contribution in [1.82, 2.24) is 10.3 Å². The standard InChI is InChI=1S/C20H20N4O4S3/c1-30(2,26)18(19(25)23-9-10-31(22,27)28)20-24-16-8-7-15(11-17(16)29-20)14-5-3-13(12-21)4-6-14/h3-8,11,18H,1,9-10H2,2H3,(H,23,25)(H2,22,27,28). The monoisotopic (exact) mass is 476 g/mol. The minimum absolute atomic E-state index is 0.197. The Hall–Kier alpha value is -2.78. The van der Waals surface area contributed by atoms with Crippen LogP contribution in [0.15, 0.2) is 42.5 Å². The van der Waals surface area contributed by atoms with Crippen molar-refractivity contribution in [2.24, 2.45) is 5.14 Å². The van der Waals surface area contributed by atoms with Gasteiger partial charge in [0.2, 0.25) is 15.9 Å². The highest BCUT2D eigenvalue weighted by atomic mass is 32.2. The lowest BCUT2D eigenvalue weighted by molar-refractivity contribution is -0.120. The van der Waals surface area contributed by atoms with E-state index in [0.29, 0.717) is 16.1 Å². The number of hydrogen-bond acceptors (Lipinski definition) is 7. The van der Waals surface area contributed by atoms with Crippen LogP contribution >= 0.6 is 11.3 Å². The number of amides is 1. The maximum Gasteiger partial charge on any atom is 0.242 e. The van der Waals surface area contributed by atoms with Gasteiger partial charge in [0.05, 0.1) is 27.6 Å². The van der Waals surface area contributed by atoms with Gasteiger partial charge in [0.25, 0.3) is 0 Å². The fourth-order valence-electron chi connectivity index (χ4n) is 2.93. The molecule has 1 heterocycles. The van der Waals surface area contributed by atoms with Crippen molar-refractivity contribution in [3.8, 4) is 17.2 Å². The SMILES string of the molecule is C=S(C)(=O)C(C(=O)NCCS(N)(=O)=O)c1nc2ccc(-c3ccc(C#N)cc3)cc2s1. The molecule has 31 heavy (non-hydrogen) atoms. The van der Waals surface area contributed by atoms with Crippen molar-refractivity contribution >= 4 is 52.9 Å². The third kappa shape index (κ3) is 5.68. The van der Waals surface area contributed by atoms with E-state index in [-0.39, 0.29) is 6.54 Å². The number of nitrogens with two attached hydrogens (primary N) is 1. The number of nitriles is 1. The molecule has 0 saturated carbocycles. The topological polar surface area (TPSA) is 143 Å². The number of carbonyl (C=O) groups is 1. The molecular weight excluding hydrogens is 456 g/mol. The van der Waals surface area contributed by atoms with E-state index in [2.05, 4.69) is 22.2 Å². The number of rotatable bonds is 7. The Balaban J connectivity index is 1.93. The van der Waals surface area contributed by atoms with Gasteiger partial charge < -0.3 is 5.32 Å². The first-order valence-corrected chi connectivity index (χ1v) is 13.7. The lowest BCUT2D eigenvalue weighted by Crippen LogP contribution is -2.37. The average Bonchev–Trinajstić information content (AvgIpc) is 3.08. The van der Waals surface area contributed by atoms with Crippen molar-refractivity contribution in [3.05, 3.63) is 53.0 Å². The molecule has 0 spiro atoms. The molecule has 8 nitrogen and oxygen atoms in total. The summed E-state index contributed by atoms with van der Waals surface area (Å²) in [6.45, 7) is -0.197. The van der Waals surface area contributed by atoms with Crippen LogP contribution in [0.3, 0.4) is 0 Å². The second kappa shape index (κ2) is 8.76. The number of aromatic nitrogens is 1. The summed E-state index contributed by atoms with van der Waals surface area (Å²) in [5.41, 5.74) is 3.04. The molecule has 3 aromatic rings. The first-order chi connectivity index (χ1) is 14.5. The number of sulfonamides is 1. The van der Waals surface area contributed by atoms with Gasteiger partial charge in [0.1, 0.15) is 5.01 Å². The Kier molecular flexibility index (Phi) is 6.47. The van der Waals surface area contributed by atoms with Gasteiger partial charge in [-0.3, -0.25) is 9.00 Å². The molecule has 11 heteroatoms. The Morgan fingerprint density at radius 2 is 1.87 bits per heavy atom. The van der Waals surface area contributed by atoms with Gasteiger partial charge in [-0.2, -0.15) is 5.26 Å². The second-order valence-electron chi connectivity index (χ2n) is 7.03. The molecule has 2 atom stereocenters. The maximum absolute atomic E-state index is 12.7. The van der Waals surface area contributed by atoms with Crippen LogP contribution in [-0.4, -0.2) is 47.9 Å². The summed E-state index contributed by atoms with van der Waals surface area (Å²) in [6, 6.07) is 14.8. The Morgan fingerprint density at radius 3 is 2.45 bits per heavy atom. The molecule has 162 valence electrons. The van der Waals surface area contributed by atoms with Crippen LogP contribution < -0.4 is 10.5 Å². The molecule has 0 saturated heterocycles. The first kappa shape index (κ1) is 22.9. The first-order valence-electron chi connectivity index (χ1n) is 8.98. The summed E-state index contributed by atoms with van der Waals surface area (Å²) in [5.74, 6) is 2.60. The smallest absolute Gasteiger partial charge is 0.242 e. The molecule has 3 N–H and O–H groups in total. The van der Waals surface area contributed by atoms with Gasteiger partial charge >= 0.3 is 0 Å². The number of carbonyl (C=O) groups excluding carboxylic acids is 1. The Labute approximate surface area is 184 Å². The van der Waals surface area contributed by atoms with E-state index in [1.165, 1.54) is 17.6 Å². The van der Waals surface area contributed by atoms with E-state index < -0.39 is 36.5 Å². The quantitative estimate of drug-likeness (QED) is 0.496. The van der Waals surface area contributed by atoms with Crippen molar-refractivity contribution in [1.29, 1.82) is 5.26 Å². The van der Waals surface area contributed by atoms with E-state index in [1.807, 2.05) is 24.3 Å². The van der Waals surface area contributed by atoms with Crippen LogP contribution in [0.2, 0.25) is 0 Å². The van der Waals surface area contributed by atoms with Crippen LogP contribution in [0, 0.1) is 11.3 Å². The molecule has 0 aliphatic heterocycles. The van der Waals surface area contributed by atoms with Crippen LogP contribution in [0.5, 0.6) is 0 Å². The molecule has 0 aliphatic rings. The Bertz CT molecular complexity index is 1390. The van der Waals surface area contributed by atoms with Gasteiger partial charge in [0, 0.05) is 12.8 Å². The highest BCUT2D eigenvalue weighted by molar-refractivity contribution is 8.00. The number of nitrogens with zero attached hydrogens (tertiary/aromatic N) is 2. The molecule has 0 fully saturated rings. The molecule has 1 aromatic heterocycles. The zero-order chi connectivity index (χ0) is 22.8. The van der Waals surface area contributed by atoms with Crippen LogP contribution in [0.1, 0.15) is 15.8 Å². The number of hydrogen-bond donors (Lipinski definition) is 2. The van der Waals surface area contributed by atoms with Gasteiger partial charge in [-0.1, -0.05) is 18.2 Å². The normalized spacial score (nSPS) is 14.5. The van der Waals surface area contributed by atoms with E-state index >= 15 is 0 Å². The minimum atomic E-state index is -3.73. The number of primary sulfonamides is 1. The fourth-order valence-corrected chi connectivity index (χ4v) is 6.08. The third-order valence-corrected chi connectivity index (χ3v) is 7.84. The highest BCUT2D eigenvalue weighted by Gasteiger charge is 2.30. The largest absolute Gasteiger partial charge is 0.354 e. The zero-order valence-corrected chi connectivity index (χ0v) is 19.0. The molecule has 0 aliphatic carbocycles. The number of fused-ring (bicyclic) bond motifs is 1. The third-order valence-electron chi connectivity index (χ3n) is 4.40. The average molecular weight is 477 g/mol. The number of nitrogens with one attached hydrogen (secondary N) is 1. The molecule has 3 rings (SSSR count). The van der Waals surface area contributed by atoms with E-state index in [1.54, 1.807) is 18.2 Å². The van der Waals surface area contributed by atoms with Crippen LogP contribution in [0.25, 0.3) is 21.3 Å². The summed E-state index contributed by atoms with van der Waals surface area (Å²) in [6.07, 6.45) is 1.37. The minimum Gasteiger partial charge on any atom is -0.354 e. The van der Waals surface area contributed by atoms with E-state index in [4.69, 9.17) is 10.4 Å². The van der Waals surface area contributed by atoms with Crippen LogP contribution in [-0.2, 0) is 24.3 Å². The molecule has 2 unspecified atom stereocenters. The summed E-state index contributed by atoms with van der Waals surface area (Å²) in [4.78, 5) is 17.1. The lowest BCUT2D eigenvalue weighted by Gasteiger charge is -2.15. The summed E-state index contributed by atoms with van der Waals surface area (Å²) < 4.78 is 35.7. The van der Waals surface area contributed by atoms with Gasteiger partial charge in [-0.05, 0) is 50.8 Å². The molecule has 2 aromatic carbocycles. The summed E-state index contributed by atoms with van der Waals surface area (Å²) >= 11 is 1.23. The number of thiazole rings is 1. The summed E-state index contributed by atoms with van der Waals surface area (Å²) in [7, 11) is -6.61. The Morgan fingerprint density at radius 1 is 1.23 bits per heavy atom. The summed E-state index contributed by atoms with van der Waals surface area (Å²) in [5, 5.41) is 15.6. The van der Waals surface area contributed by atoms with Gasteiger partial charge in [0.15, 0.2) is 5.25 Å². The highest BCUT2D eigenvalue weighted by Crippen LogP contribution is 2.33. The predicted molar refractivity (Wildman–Crippen MR) is 125 cm³/mol. The molecular formula is C20H20N4O4S3. The fraction of sp³-hybridized carbons (Fsp3) is 0.200. The van der Waals surface area contributed by atoms with Crippen LogP contribution in [0.4, 0.5) is 0 Å². The van der Waals surface area contributed by atoms with Crippen molar-refractivity contribution < 1.29 is 17.4 Å². The van der Waals surface area contributed by atoms with Crippen molar-refractivity contribution in [2.45, 2.75) is 5.25 Å². The molecule has 1 amide bonds. The zero-order valence-electron chi connectivity index (χ0n) is 16.6. The predicted octanol–water partition coefficient (Wildman–Crippen LogP) is 1.63. The maximum atomic E-state index is 12.7. The van der Waals surface area contributed by atoms with Crippen molar-refractivity contribution in [2.75, 3.05) is 18.6 Å². The van der Waals surface area contributed by atoms with E-state index in [9.17, 15) is 17.4 Å². The molecule has 0 bridgehead atoms. The van der Waals surface area contributed by atoms with Crippen molar-refractivity contribution in [3.63, 3.8) is 0 Å². The second-order valence-corrected chi connectivity index (χ2v) is 12.4. The lowest BCUT2D eigenvalue weighted by atomic mass is 10.0. The van der Waals surface area contributed by atoms with E-state index in [0.717, 1.165) is 15.8 Å². The number of benzene rings is 2. The van der Waals surface area contributed by atoms with Gasteiger partial charge in [-0.25, -0.2) is 18.5 Å². The van der Waals surface area contributed by atoms with Gasteiger partial charge in [-0.15, -0.1) is 11.3 Å². The molecule has 0 radical (unpaired) electrons.